The van der Waals surface area contributed by atoms with Gasteiger partial charge in [-0.3, -0.25) is 14.8 Å². The molecule has 27 heavy (non-hydrogen) atoms. The van der Waals surface area contributed by atoms with Crippen LogP contribution >= 0.6 is 24.0 Å². The maximum atomic E-state index is 4.43. The Balaban J connectivity index is 0.00000261. The van der Waals surface area contributed by atoms with E-state index >= 15 is 0 Å². The normalized spacial score (nSPS) is 23.8. The zero-order valence-corrected chi connectivity index (χ0v) is 19.6. The Morgan fingerprint density at radius 3 is 2.63 bits per heavy atom. The van der Waals surface area contributed by atoms with Crippen LogP contribution in [-0.4, -0.2) is 67.6 Å². The van der Waals surface area contributed by atoms with Crippen LogP contribution in [0.2, 0.25) is 0 Å². The molecule has 0 bridgehead atoms. The molecule has 5 nitrogen and oxygen atoms in total. The Morgan fingerprint density at radius 1 is 1.22 bits per heavy atom. The quantitative estimate of drug-likeness (QED) is 0.382. The third kappa shape index (κ3) is 6.06. The number of aliphatic imine (C=N–C) groups is 1. The fraction of sp³-hybridized carbons (Fsp3) is 0.667. The number of nitrogens with one attached hydrogen (secondary N) is 2. The van der Waals surface area contributed by atoms with Crippen LogP contribution in [0.3, 0.4) is 0 Å². The van der Waals surface area contributed by atoms with E-state index in [2.05, 4.69) is 70.5 Å². The van der Waals surface area contributed by atoms with Gasteiger partial charge in [-0.15, -0.1) is 24.0 Å². The van der Waals surface area contributed by atoms with Crippen molar-refractivity contribution in [3.05, 3.63) is 35.4 Å². The number of halogens is 1. The molecular weight excluding hydrogens is 449 g/mol. The molecule has 1 saturated heterocycles. The van der Waals surface area contributed by atoms with Crippen LogP contribution in [0.4, 0.5) is 0 Å². The van der Waals surface area contributed by atoms with Crippen molar-refractivity contribution in [2.75, 3.05) is 39.8 Å². The molecule has 6 heteroatoms. The molecule has 2 unspecified atom stereocenters. The molecule has 3 rings (SSSR count). The summed E-state index contributed by atoms with van der Waals surface area (Å²) in [6, 6.07) is 9.91. The van der Waals surface area contributed by atoms with Crippen LogP contribution in [0, 0.1) is 5.92 Å². The summed E-state index contributed by atoms with van der Waals surface area (Å²) in [5.41, 5.74) is 2.99. The second kappa shape index (κ2) is 10.6. The first-order valence-electron chi connectivity index (χ1n) is 10.1. The fourth-order valence-electron chi connectivity index (χ4n) is 4.06. The highest BCUT2D eigenvalue weighted by atomic mass is 127. The minimum atomic E-state index is 0. The zero-order valence-electron chi connectivity index (χ0n) is 17.2. The Hall–Kier alpha value is -0.860. The summed E-state index contributed by atoms with van der Waals surface area (Å²) >= 11 is 0. The highest BCUT2D eigenvalue weighted by Crippen LogP contribution is 2.19. The second-order valence-corrected chi connectivity index (χ2v) is 8.07. The topological polar surface area (TPSA) is 42.9 Å². The molecule has 2 atom stereocenters. The van der Waals surface area contributed by atoms with E-state index in [4.69, 9.17) is 0 Å². The maximum absolute atomic E-state index is 4.43. The number of nitrogens with zero attached hydrogens (tertiary/aromatic N) is 3. The molecule has 2 aliphatic heterocycles. The summed E-state index contributed by atoms with van der Waals surface area (Å²) in [6.45, 7) is 13.3. The highest BCUT2D eigenvalue weighted by molar-refractivity contribution is 14.0. The van der Waals surface area contributed by atoms with Crippen molar-refractivity contribution in [3.8, 4) is 0 Å². The molecular formula is C21H36IN5. The van der Waals surface area contributed by atoms with Crippen LogP contribution in [0.1, 0.15) is 31.9 Å². The molecule has 152 valence electrons. The predicted molar refractivity (Wildman–Crippen MR) is 125 cm³/mol. The van der Waals surface area contributed by atoms with Gasteiger partial charge in [0.15, 0.2) is 5.96 Å². The van der Waals surface area contributed by atoms with Gasteiger partial charge in [0.2, 0.25) is 0 Å². The lowest BCUT2D eigenvalue weighted by atomic mass is 10.00. The van der Waals surface area contributed by atoms with E-state index < -0.39 is 0 Å². The highest BCUT2D eigenvalue weighted by Gasteiger charge is 2.31. The van der Waals surface area contributed by atoms with Gasteiger partial charge in [0.25, 0.3) is 0 Å². The average molecular weight is 485 g/mol. The lowest BCUT2D eigenvalue weighted by molar-refractivity contribution is 0.257. The van der Waals surface area contributed by atoms with Crippen LogP contribution in [0.5, 0.6) is 0 Å². The van der Waals surface area contributed by atoms with Gasteiger partial charge in [0.05, 0.1) is 0 Å². The maximum Gasteiger partial charge on any atom is 0.191 e. The van der Waals surface area contributed by atoms with Crippen molar-refractivity contribution in [1.82, 2.24) is 20.4 Å². The molecule has 2 heterocycles. The van der Waals surface area contributed by atoms with Gasteiger partial charge < -0.3 is 10.6 Å². The van der Waals surface area contributed by atoms with E-state index in [1.807, 2.05) is 7.05 Å². The largest absolute Gasteiger partial charge is 0.355 e. The summed E-state index contributed by atoms with van der Waals surface area (Å²) in [6.07, 6.45) is 1.16. The fourth-order valence-corrected chi connectivity index (χ4v) is 4.06. The third-order valence-electron chi connectivity index (χ3n) is 5.85. The summed E-state index contributed by atoms with van der Waals surface area (Å²) in [5.74, 6) is 1.58. The number of hydrogen-bond donors (Lipinski definition) is 2. The molecule has 1 aromatic carbocycles. The first-order chi connectivity index (χ1) is 12.6. The smallest absolute Gasteiger partial charge is 0.191 e. The zero-order chi connectivity index (χ0) is 18.5. The van der Waals surface area contributed by atoms with E-state index in [1.165, 1.54) is 17.7 Å². The molecule has 0 radical (unpaired) electrons. The molecule has 1 aromatic rings. The van der Waals surface area contributed by atoms with Crippen LogP contribution in [0.15, 0.2) is 29.3 Å². The van der Waals surface area contributed by atoms with Crippen LogP contribution in [0.25, 0.3) is 0 Å². The van der Waals surface area contributed by atoms with E-state index in [1.54, 1.807) is 0 Å². The summed E-state index contributed by atoms with van der Waals surface area (Å²) < 4.78 is 0. The third-order valence-corrected chi connectivity index (χ3v) is 5.85. The van der Waals surface area contributed by atoms with Gasteiger partial charge in [-0.1, -0.05) is 31.2 Å². The van der Waals surface area contributed by atoms with Crippen molar-refractivity contribution >= 4 is 29.9 Å². The number of guanidine groups is 1. The van der Waals surface area contributed by atoms with Crippen molar-refractivity contribution in [3.63, 3.8) is 0 Å². The molecule has 1 fully saturated rings. The number of likely N-dealkylation sites (tertiary alicyclic amines) is 1. The Labute approximate surface area is 182 Å². The molecule has 2 aliphatic rings. The molecule has 0 saturated carbocycles. The summed E-state index contributed by atoms with van der Waals surface area (Å²) in [4.78, 5) is 9.50. The number of fused-ring (bicyclic) bond motifs is 1. The van der Waals surface area contributed by atoms with Crippen molar-refractivity contribution in [2.24, 2.45) is 10.9 Å². The van der Waals surface area contributed by atoms with Gasteiger partial charge in [-0.05, 0) is 37.3 Å². The van der Waals surface area contributed by atoms with Gasteiger partial charge in [0.1, 0.15) is 0 Å². The van der Waals surface area contributed by atoms with Gasteiger partial charge >= 0.3 is 0 Å². The first kappa shape index (κ1) is 22.4. The Kier molecular flexibility index (Phi) is 8.82. The van der Waals surface area contributed by atoms with Crippen molar-refractivity contribution < 1.29 is 0 Å². The number of benzene rings is 1. The average Bonchev–Trinajstić information content (AvgIpc) is 3.01. The first-order valence-corrected chi connectivity index (χ1v) is 10.1. The molecule has 0 aliphatic carbocycles. The number of rotatable bonds is 5. The van der Waals surface area contributed by atoms with E-state index in [0.29, 0.717) is 18.0 Å². The summed E-state index contributed by atoms with van der Waals surface area (Å²) in [5, 5.41) is 7.14. The molecule has 0 amide bonds. The minimum Gasteiger partial charge on any atom is -0.355 e. The van der Waals surface area contributed by atoms with E-state index in [-0.39, 0.29) is 24.0 Å². The SMILES string of the molecule is CN=C(NCCN1CCc2ccccc2C1)NC1CN(C(C)C)CC1C.I. The standard InChI is InChI=1S/C21H35N5.HI/c1-16(2)26-13-17(3)20(15-26)24-21(22-4)23-10-12-25-11-9-18-7-5-6-8-19(18)14-25;/h5-8,16-17,20H,9-15H2,1-4H3,(H2,22,23,24);1H. The van der Waals surface area contributed by atoms with Crippen LogP contribution in [-0.2, 0) is 13.0 Å². The van der Waals surface area contributed by atoms with E-state index in [0.717, 1.165) is 45.1 Å². The van der Waals surface area contributed by atoms with Crippen LogP contribution < -0.4 is 10.6 Å². The predicted octanol–water partition coefficient (Wildman–Crippen LogP) is 2.56. The summed E-state index contributed by atoms with van der Waals surface area (Å²) in [7, 11) is 1.87. The number of hydrogen-bond acceptors (Lipinski definition) is 3. The van der Waals surface area contributed by atoms with Gasteiger partial charge in [-0.2, -0.15) is 0 Å². The van der Waals surface area contributed by atoms with Gasteiger partial charge in [-0.25, -0.2) is 0 Å². The van der Waals surface area contributed by atoms with Crippen molar-refractivity contribution in [2.45, 2.75) is 45.8 Å². The molecule has 0 spiro atoms. The van der Waals surface area contributed by atoms with Gasteiger partial charge in [0, 0.05) is 58.4 Å². The Bertz CT molecular complexity index is 618. The minimum absolute atomic E-state index is 0. The van der Waals surface area contributed by atoms with Crippen molar-refractivity contribution in [1.29, 1.82) is 0 Å². The second-order valence-electron chi connectivity index (χ2n) is 8.07. The monoisotopic (exact) mass is 485 g/mol. The Morgan fingerprint density at radius 2 is 1.96 bits per heavy atom. The lowest BCUT2D eigenvalue weighted by Gasteiger charge is -2.29. The van der Waals surface area contributed by atoms with E-state index in [9.17, 15) is 0 Å². The molecule has 2 N–H and O–H groups in total. The molecule has 0 aromatic heterocycles. The lowest BCUT2D eigenvalue weighted by Crippen LogP contribution is -2.48.